The lowest BCUT2D eigenvalue weighted by molar-refractivity contribution is -0.177. The molecule has 0 aliphatic carbocycles. The molecule has 0 saturated carbocycles. The zero-order chi connectivity index (χ0) is 34.1. The number of ether oxygens (including phenoxy) is 1. The van der Waals surface area contributed by atoms with Gasteiger partial charge in [-0.05, 0) is 51.3 Å². The number of carboxylic acid groups (broad SMARTS) is 1. The number of hydrogen-bond donors (Lipinski definition) is 4. The van der Waals surface area contributed by atoms with Crippen LogP contribution in [0.25, 0.3) is 11.1 Å². The third-order valence-electron chi connectivity index (χ3n) is 7.68. The maximum Gasteiger partial charge on any atom is 0.414 e. The Balaban J connectivity index is 1.46. The van der Waals surface area contributed by atoms with Gasteiger partial charge in [-0.1, -0.05) is 0 Å². The first-order valence-electron chi connectivity index (χ1n) is 14.9. The molecule has 2 fully saturated rings. The Morgan fingerprint density at radius 3 is 2.55 bits per heavy atom. The number of nitrogens with one attached hydrogen (secondary N) is 3. The number of aromatic nitrogens is 2. The Bertz CT molecular complexity index is 1640. The zero-order valence-corrected chi connectivity index (χ0v) is 25.9. The largest absolute Gasteiger partial charge is 0.465 e. The summed E-state index contributed by atoms with van der Waals surface area (Å²) >= 11 is 0. The Labute approximate surface area is 266 Å². The Hall–Kier alpha value is -4.67. The lowest BCUT2D eigenvalue weighted by atomic mass is 9.93. The van der Waals surface area contributed by atoms with Gasteiger partial charge in [0.1, 0.15) is 22.9 Å². The van der Waals surface area contributed by atoms with E-state index in [-0.39, 0.29) is 47.0 Å². The van der Waals surface area contributed by atoms with E-state index in [1.807, 2.05) is 4.90 Å². The Kier molecular flexibility index (Phi) is 9.47. The van der Waals surface area contributed by atoms with Crippen molar-refractivity contribution in [2.24, 2.45) is 5.92 Å². The van der Waals surface area contributed by atoms with E-state index in [0.29, 0.717) is 25.1 Å². The molecule has 47 heavy (non-hydrogen) atoms. The van der Waals surface area contributed by atoms with Gasteiger partial charge in [0.25, 0.3) is 5.91 Å². The average molecular weight is 666 g/mol. The number of amides is 3. The summed E-state index contributed by atoms with van der Waals surface area (Å²) in [6.07, 6.45) is -3.83. The van der Waals surface area contributed by atoms with Gasteiger partial charge in [-0.3, -0.25) is 25.0 Å². The number of rotatable bonds is 7. The van der Waals surface area contributed by atoms with E-state index in [1.54, 1.807) is 26.8 Å². The SMILES string of the molecule is CC(C)(C)OC(=O)Nc1oc2cc(CN3CC[C@H](F)C3)cnc2c1C(=O)Nc1cnccc1N1C[C@@H](NC(=O)O)C[C@@H](C(F)(F)F)C1. The van der Waals surface area contributed by atoms with Crippen molar-refractivity contribution in [1.29, 1.82) is 0 Å². The van der Waals surface area contributed by atoms with Crippen LogP contribution in [0.4, 0.5) is 44.4 Å². The monoisotopic (exact) mass is 665 g/mol. The fourth-order valence-electron chi connectivity index (χ4n) is 5.74. The van der Waals surface area contributed by atoms with Crippen LogP contribution >= 0.6 is 0 Å². The fourth-order valence-corrected chi connectivity index (χ4v) is 5.74. The quantitative estimate of drug-likeness (QED) is 0.241. The number of pyridine rings is 2. The molecule has 3 atom stereocenters. The molecule has 5 rings (SSSR count). The van der Waals surface area contributed by atoms with Crippen molar-refractivity contribution >= 4 is 46.5 Å². The molecule has 2 saturated heterocycles. The summed E-state index contributed by atoms with van der Waals surface area (Å²) in [5.41, 5.74) is 0.0312. The van der Waals surface area contributed by atoms with E-state index in [2.05, 4.69) is 25.9 Å². The molecule has 3 amide bonds. The number of carbonyl (C=O) groups excluding carboxylic acids is 2. The number of alkyl halides is 4. The number of carbonyl (C=O) groups is 3. The molecular weight excluding hydrogens is 630 g/mol. The van der Waals surface area contributed by atoms with Crippen LogP contribution in [0.3, 0.4) is 0 Å². The first kappa shape index (κ1) is 33.7. The predicted octanol–water partition coefficient (Wildman–Crippen LogP) is 5.39. The van der Waals surface area contributed by atoms with Crippen molar-refractivity contribution in [3.63, 3.8) is 0 Å². The number of anilines is 3. The van der Waals surface area contributed by atoms with Gasteiger partial charge in [0.2, 0.25) is 5.88 Å². The summed E-state index contributed by atoms with van der Waals surface area (Å²) in [7, 11) is 0. The minimum absolute atomic E-state index is 0.0263. The molecule has 254 valence electrons. The van der Waals surface area contributed by atoms with Crippen LogP contribution in [-0.4, -0.2) is 88.2 Å². The molecular formula is C30H35F4N7O6. The van der Waals surface area contributed by atoms with E-state index in [1.165, 1.54) is 29.6 Å². The second-order valence-electron chi connectivity index (χ2n) is 12.6. The van der Waals surface area contributed by atoms with Crippen molar-refractivity contribution in [1.82, 2.24) is 20.2 Å². The van der Waals surface area contributed by atoms with Gasteiger partial charge in [-0.2, -0.15) is 13.2 Å². The van der Waals surface area contributed by atoms with Crippen molar-refractivity contribution in [2.75, 3.05) is 41.7 Å². The smallest absolute Gasteiger partial charge is 0.414 e. The van der Waals surface area contributed by atoms with Crippen LogP contribution < -0.4 is 20.9 Å². The zero-order valence-electron chi connectivity index (χ0n) is 25.9. The highest BCUT2D eigenvalue weighted by atomic mass is 19.4. The number of hydrogen-bond acceptors (Lipinski definition) is 9. The molecule has 3 aromatic rings. The number of furan rings is 1. The highest BCUT2D eigenvalue weighted by Crippen LogP contribution is 2.38. The summed E-state index contributed by atoms with van der Waals surface area (Å²) in [6.45, 7) is 5.58. The number of piperidine rings is 1. The summed E-state index contributed by atoms with van der Waals surface area (Å²) in [4.78, 5) is 49.5. The highest BCUT2D eigenvalue weighted by Gasteiger charge is 2.45. The minimum atomic E-state index is -4.60. The van der Waals surface area contributed by atoms with E-state index in [0.717, 1.165) is 0 Å². The molecule has 2 aliphatic rings. The van der Waals surface area contributed by atoms with Gasteiger partial charge < -0.3 is 29.8 Å². The first-order chi connectivity index (χ1) is 22.1. The van der Waals surface area contributed by atoms with E-state index < -0.39 is 61.0 Å². The molecule has 17 heteroatoms. The van der Waals surface area contributed by atoms with Crippen LogP contribution in [0.1, 0.15) is 49.5 Å². The predicted molar refractivity (Wildman–Crippen MR) is 162 cm³/mol. The van der Waals surface area contributed by atoms with Crippen LogP contribution in [0.15, 0.2) is 35.1 Å². The second-order valence-corrected chi connectivity index (χ2v) is 12.6. The maximum absolute atomic E-state index is 13.9. The van der Waals surface area contributed by atoms with E-state index >= 15 is 0 Å². The lowest BCUT2D eigenvalue weighted by Gasteiger charge is -2.40. The van der Waals surface area contributed by atoms with Gasteiger partial charge in [0, 0.05) is 45.1 Å². The Morgan fingerprint density at radius 1 is 1.13 bits per heavy atom. The van der Waals surface area contributed by atoms with E-state index in [4.69, 9.17) is 9.15 Å². The topological polar surface area (TPSA) is 162 Å². The molecule has 0 aromatic carbocycles. The normalized spacial score (nSPS) is 20.7. The molecule has 2 aliphatic heterocycles. The van der Waals surface area contributed by atoms with Gasteiger partial charge in [-0.15, -0.1) is 0 Å². The standard InChI is InChI=1S/C30H35F4N7O6/c1-29(2,3)47-28(45)39-26-23(24-22(46-26)8-16(10-36-24)12-40-7-5-18(31)14-40)25(42)38-20-11-35-6-4-21(20)41-13-17(30(32,33)34)9-19(15-41)37-27(43)44/h4,6,8,10-11,17-19,37H,5,7,9,12-15H2,1-3H3,(H,38,42)(H,39,45)(H,43,44)/t17-,18+,19+/m1/s1. The molecule has 0 unspecified atom stereocenters. The van der Waals surface area contributed by atoms with Crippen LogP contribution in [0.2, 0.25) is 0 Å². The van der Waals surface area contributed by atoms with Gasteiger partial charge in [0.15, 0.2) is 5.58 Å². The maximum atomic E-state index is 13.9. The minimum Gasteiger partial charge on any atom is -0.465 e. The molecule has 0 spiro atoms. The molecule has 13 nitrogen and oxygen atoms in total. The Morgan fingerprint density at radius 2 is 1.89 bits per heavy atom. The molecule has 4 N–H and O–H groups in total. The summed E-state index contributed by atoms with van der Waals surface area (Å²) in [6, 6.07) is 1.99. The van der Waals surface area contributed by atoms with Crippen molar-refractivity contribution < 1.29 is 46.2 Å². The third kappa shape index (κ3) is 8.38. The lowest BCUT2D eigenvalue weighted by Crippen LogP contribution is -2.53. The van der Waals surface area contributed by atoms with Gasteiger partial charge in [-0.25, -0.2) is 14.0 Å². The summed E-state index contributed by atoms with van der Waals surface area (Å²) in [5.74, 6) is -2.96. The number of likely N-dealkylation sites (tertiary alicyclic amines) is 1. The molecule has 0 radical (unpaired) electrons. The summed E-state index contributed by atoms with van der Waals surface area (Å²) < 4.78 is 66.4. The van der Waals surface area contributed by atoms with Gasteiger partial charge >= 0.3 is 18.4 Å². The molecule has 0 bridgehead atoms. The third-order valence-corrected chi connectivity index (χ3v) is 7.68. The average Bonchev–Trinajstić information content (AvgIpc) is 3.53. The van der Waals surface area contributed by atoms with Crippen molar-refractivity contribution in [2.45, 2.75) is 64.1 Å². The fraction of sp³-hybridized carbons (Fsp3) is 0.500. The van der Waals surface area contributed by atoms with Crippen LogP contribution in [-0.2, 0) is 11.3 Å². The second kappa shape index (κ2) is 13.2. The molecule has 3 aromatic heterocycles. The number of halogens is 4. The highest BCUT2D eigenvalue weighted by molar-refractivity contribution is 6.16. The van der Waals surface area contributed by atoms with Crippen LogP contribution in [0.5, 0.6) is 0 Å². The number of fused-ring (bicyclic) bond motifs is 1. The summed E-state index contributed by atoms with van der Waals surface area (Å²) in [5, 5.41) is 16.4. The van der Waals surface area contributed by atoms with Crippen molar-refractivity contribution in [3.05, 3.63) is 41.9 Å². The number of nitrogens with zero attached hydrogens (tertiary/aromatic N) is 4. The first-order valence-corrected chi connectivity index (χ1v) is 14.9. The van der Waals surface area contributed by atoms with Gasteiger partial charge in [0.05, 0.1) is 29.5 Å². The molecule has 5 heterocycles. The van der Waals surface area contributed by atoms with E-state index in [9.17, 15) is 37.1 Å². The van der Waals surface area contributed by atoms with Crippen LogP contribution in [0, 0.1) is 5.92 Å². The van der Waals surface area contributed by atoms with Crippen molar-refractivity contribution in [3.8, 4) is 0 Å².